The highest BCUT2D eigenvalue weighted by Gasteiger charge is 2.20. The Morgan fingerprint density at radius 3 is 2.77 bits per heavy atom. The van der Waals surface area contributed by atoms with Crippen molar-refractivity contribution in [1.82, 2.24) is 5.32 Å². The minimum Gasteiger partial charge on any atom is -0.494 e. The van der Waals surface area contributed by atoms with E-state index in [0.717, 1.165) is 36.4 Å². The Bertz CT molecular complexity index is 815. The molecule has 26 heavy (non-hydrogen) atoms. The van der Waals surface area contributed by atoms with E-state index in [0.29, 0.717) is 11.7 Å². The van der Waals surface area contributed by atoms with E-state index in [1.165, 1.54) is 11.6 Å². The molecule has 1 amide bonds. The fraction of sp³-hybridized carbons (Fsp3) is 0.238. The molecule has 2 aromatic rings. The Labute approximate surface area is 159 Å². The average Bonchev–Trinajstić information content (AvgIpc) is 2.67. The Morgan fingerprint density at radius 1 is 1.23 bits per heavy atom. The van der Waals surface area contributed by atoms with Gasteiger partial charge < -0.3 is 9.64 Å². The topological polar surface area (TPSA) is 41.6 Å². The van der Waals surface area contributed by atoms with Gasteiger partial charge in [-0.2, -0.15) is 0 Å². The lowest BCUT2D eigenvalue weighted by molar-refractivity contribution is -0.115. The van der Waals surface area contributed by atoms with Crippen molar-refractivity contribution < 1.29 is 9.53 Å². The van der Waals surface area contributed by atoms with Gasteiger partial charge in [0.05, 0.1) is 6.61 Å². The van der Waals surface area contributed by atoms with Gasteiger partial charge in [-0.05, 0) is 67.4 Å². The van der Waals surface area contributed by atoms with Gasteiger partial charge in [-0.3, -0.25) is 10.1 Å². The molecule has 0 saturated carbocycles. The summed E-state index contributed by atoms with van der Waals surface area (Å²) in [6.07, 6.45) is 5.32. The molecule has 1 aliphatic rings. The molecule has 134 valence electrons. The van der Waals surface area contributed by atoms with Crippen LogP contribution >= 0.6 is 12.2 Å². The van der Waals surface area contributed by atoms with Crippen LogP contribution in [0.25, 0.3) is 6.08 Å². The number of carbonyl (C=O) groups excluding carboxylic acids is 1. The maximum Gasteiger partial charge on any atom is 0.250 e. The number of para-hydroxylation sites is 1. The molecule has 1 N–H and O–H groups in total. The molecule has 0 saturated heterocycles. The number of aryl methyl sites for hydroxylation is 1. The average molecular weight is 366 g/mol. The summed E-state index contributed by atoms with van der Waals surface area (Å²) in [5.74, 6) is 0.589. The third-order valence-electron chi connectivity index (χ3n) is 4.20. The lowest BCUT2D eigenvalue weighted by Gasteiger charge is -2.31. The fourth-order valence-corrected chi connectivity index (χ4v) is 3.26. The molecule has 0 fully saturated rings. The Morgan fingerprint density at radius 2 is 2.00 bits per heavy atom. The van der Waals surface area contributed by atoms with Crippen molar-refractivity contribution in [2.45, 2.75) is 19.8 Å². The van der Waals surface area contributed by atoms with Crippen molar-refractivity contribution in [2.75, 3.05) is 18.1 Å². The van der Waals surface area contributed by atoms with E-state index >= 15 is 0 Å². The quantitative estimate of drug-likeness (QED) is 0.657. The molecule has 5 heteroatoms. The smallest absolute Gasteiger partial charge is 0.250 e. The van der Waals surface area contributed by atoms with Crippen molar-refractivity contribution >= 4 is 35.0 Å². The normalized spacial score (nSPS) is 13.3. The summed E-state index contributed by atoms with van der Waals surface area (Å²) in [7, 11) is 0. The predicted octanol–water partition coefficient (Wildman–Crippen LogP) is 3.95. The second-order valence-electron chi connectivity index (χ2n) is 6.01. The first-order valence-corrected chi connectivity index (χ1v) is 9.19. The van der Waals surface area contributed by atoms with Crippen LogP contribution in [0.1, 0.15) is 24.5 Å². The van der Waals surface area contributed by atoms with E-state index < -0.39 is 0 Å². The largest absolute Gasteiger partial charge is 0.494 e. The van der Waals surface area contributed by atoms with Crippen LogP contribution in [-0.2, 0) is 11.2 Å². The second kappa shape index (κ2) is 8.63. The van der Waals surface area contributed by atoms with Crippen molar-refractivity contribution in [3.05, 3.63) is 65.7 Å². The molecule has 2 aromatic carbocycles. The van der Waals surface area contributed by atoms with Gasteiger partial charge in [0.15, 0.2) is 5.11 Å². The third-order valence-corrected chi connectivity index (χ3v) is 4.53. The molecule has 0 aromatic heterocycles. The number of amides is 1. The summed E-state index contributed by atoms with van der Waals surface area (Å²) in [6.45, 7) is 3.40. The van der Waals surface area contributed by atoms with Gasteiger partial charge in [-0.25, -0.2) is 0 Å². The summed E-state index contributed by atoms with van der Waals surface area (Å²) >= 11 is 5.45. The minimum absolute atomic E-state index is 0.230. The summed E-state index contributed by atoms with van der Waals surface area (Å²) in [6, 6.07) is 15.8. The van der Waals surface area contributed by atoms with Gasteiger partial charge in [0.25, 0.3) is 0 Å². The lowest BCUT2D eigenvalue weighted by atomic mass is 10.0. The number of hydrogen-bond acceptors (Lipinski definition) is 3. The molecule has 0 unspecified atom stereocenters. The first-order chi connectivity index (χ1) is 12.7. The van der Waals surface area contributed by atoms with Gasteiger partial charge in [0, 0.05) is 18.3 Å². The van der Waals surface area contributed by atoms with E-state index in [-0.39, 0.29) is 5.91 Å². The standard InChI is InChI=1S/C21H22N2O2S/c1-2-25-18-12-9-16(10-13-18)11-14-20(24)22-21(26)23-15-5-7-17-6-3-4-8-19(17)23/h3-4,6,8-14H,2,5,7,15H2,1H3,(H,22,24,26)/b14-11+. The van der Waals surface area contributed by atoms with Crippen LogP contribution in [0.15, 0.2) is 54.6 Å². The fourth-order valence-electron chi connectivity index (χ4n) is 2.97. The zero-order valence-corrected chi connectivity index (χ0v) is 15.6. The molecule has 1 aliphatic heterocycles. The molecule has 0 aliphatic carbocycles. The maximum absolute atomic E-state index is 12.2. The van der Waals surface area contributed by atoms with Gasteiger partial charge in [0.1, 0.15) is 5.75 Å². The first-order valence-electron chi connectivity index (χ1n) is 8.78. The third kappa shape index (κ3) is 4.49. The number of hydrogen-bond donors (Lipinski definition) is 1. The summed E-state index contributed by atoms with van der Waals surface area (Å²) in [5.41, 5.74) is 3.28. The van der Waals surface area contributed by atoms with Crippen LogP contribution in [0, 0.1) is 0 Å². The Balaban J connectivity index is 1.60. The zero-order valence-electron chi connectivity index (χ0n) is 14.8. The molecule has 0 spiro atoms. The number of carbonyl (C=O) groups is 1. The Kier molecular flexibility index (Phi) is 6.02. The molecule has 1 heterocycles. The van der Waals surface area contributed by atoms with E-state index in [2.05, 4.69) is 11.4 Å². The van der Waals surface area contributed by atoms with Crippen molar-refractivity contribution in [3.8, 4) is 5.75 Å². The van der Waals surface area contributed by atoms with Gasteiger partial charge in [-0.1, -0.05) is 30.3 Å². The molecular weight excluding hydrogens is 344 g/mol. The van der Waals surface area contributed by atoms with Crippen LogP contribution in [0.3, 0.4) is 0 Å². The van der Waals surface area contributed by atoms with Crippen LogP contribution < -0.4 is 15.0 Å². The number of fused-ring (bicyclic) bond motifs is 1. The molecule has 4 nitrogen and oxygen atoms in total. The summed E-state index contributed by atoms with van der Waals surface area (Å²) in [4.78, 5) is 14.2. The molecular formula is C21H22N2O2S. The van der Waals surface area contributed by atoms with Crippen LogP contribution in [0.2, 0.25) is 0 Å². The van der Waals surface area contributed by atoms with Gasteiger partial charge in [-0.15, -0.1) is 0 Å². The highest BCUT2D eigenvalue weighted by atomic mass is 32.1. The Hall–Kier alpha value is -2.66. The van der Waals surface area contributed by atoms with Crippen LogP contribution in [-0.4, -0.2) is 24.2 Å². The van der Waals surface area contributed by atoms with Crippen LogP contribution in [0.5, 0.6) is 5.75 Å². The van der Waals surface area contributed by atoms with Crippen LogP contribution in [0.4, 0.5) is 5.69 Å². The van der Waals surface area contributed by atoms with Crippen molar-refractivity contribution in [2.24, 2.45) is 0 Å². The maximum atomic E-state index is 12.2. The molecule has 0 bridgehead atoms. The van der Waals surface area contributed by atoms with E-state index in [1.807, 2.05) is 54.3 Å². The first kappa shape index (κ1) is 18.1. The number of ether oxygens (including phenoxy) is 1. The van der Waals surface area contributed by atoms with Gasteiger partial charge >= 0.3 is 0 Å². The summed E-state index contributed by atoms with van der Waals surface area (Å²) < 4.78 is 5.41. The summed E-state index contributed by atoms with van der Waals surface area (Å²) in [5, 5.41) is 3.24. The van der Waals surface area contributed by atoms with E-state index in [9.17, 15) is 4.79 Å². The number of nitrogens with zero attached hydrogens (tertiary/aromatic N) is 1. The highest BCUT2D eigenvalue weighted by molar-refractivity contribution is 7.80. The minimum atomic E-state index is -0.230. The number of nitrogens with one attached hydrogen (secondary N) is 1. The van der Waals surface area contributed by atoms with Crippen molar-refractivity contribution in [3.63, 3.8) is 0 Å². The molecule has 0 atom stereocenters. The second-order valence-corrected chi connectivity index (χ2v) is 6.40. The predicted molar refractivity (Wildman–Crippen MR) is 109 cm³/mol. The van der Waals surface area contributed by atoms with E-state index in [1.54, 1.807) is 6.08 Å². The number of thiocarbonyl (C=S) groups is 1. The lowest BCUT2D eigenvalue weighted by Crippen LogP contribution is -2.44. The number of benzene rings is 2. The monoisotopic (exact) mass is 366 g/mol. The van der Waals surface area contributed by atoms with Crippen molar-refractivity contribution in [1.29, 1.82) is 0 Å². The van der Waals surface area contributed by atoms with E-state index in [4.69, 9.17) is 17.0 Å². The zero-order chi connectivity index (χ0) is 18.4. The SMILES string of the molecule is CCOc1ccc(/C=C/C(=O)NC(=S)N2CCCc3ccccc32)cc1. The van der Waals surface area contributed by atoms with Gasteiger partial charge in [0.2, 0.25) is 5.91 Å². The highest BCUT2D eigenvalue weighted by Crippen LogP contribution is 2.26. The number of anilines is 1. The molecule has 0 radical (unpaired) electrons. The number of rotatable bonds is 4. The molecule has 3 rings (SSSR count).